The van der Waals surface area contributed by atoms with Crippen LogP contribution in [-0.2, 0) is 0 Å². The highest BCUT2D eigenvalue weighted by molar-refractivity contribution is 7.27. The van der Waals surface area contributed by atoms with Crippen LogP contribution in [0.25, 0.3) is 257 Å². The summed E-state index contributed by atoms with van der Waals surface area (Å²) in [7, 11) is 0. The zero-order valence-corrected chi connectivity index (χ0v) is 75.8. The molecule has 0 unspecified atom stereocenters. The molecule has 0 fully saturated rings. The molecule has 0 saturated carbocycles. The molecule has 12 nitrogen and oxygen atoms in total. The first-order valence-corrected chi connectivity index (χ1v) is 48.0. The molecule has 10 aromatic heterocycles. The number of hydrogen-bond donors (Lipinski definition) is 0. The van der Waals surface area contributed by atoms with Crippen molar-refractivity contribution in [1.82, 2.24) is 53.6 Å². The number of rotatable bonds is 13. The Bertz CT molecular complexity index is 9480. The van der Waals surface area contributed by atoms with Gasteiger partial charge in [-0.1, -0.05) is 255 Å². The number of nitrogens with zero attached hydrogens (tertiary/aromatic N) is 11. The number of hydrogen-bond acceptors (Lipinski definition) is 12. The van der Waals surface area contributed by atoms with Crippen LogP contribution in [-0.4, -0.2) is 53.6 Å². The Balaban J connectivity index is 0.000000107. The molecule has 0 radical (unpaired) electrons. The minimum absolute atomic E-state index is 0.624. The van der Waals surface area contributed by atoms with E-state index < -0.39 is 0 Å². The van der Waals surface area contributed by atoms with Gasteiger partial charge in [-0.25, -0.2) is 39.9 Å². The Kier molecular flexibility index (Phi) is 19.9. The van der Waals surface area contributed by atoms with E-state index in [-0.39, 0.29) is 0 Å². The number of aromatic nitrogens is 11. The van der Waals surface area contributed by atoms with Crippen molar-refractivity contribution in [3.05, 3.63) is 455 Å². The lowest BCUT2D eigenvalue weighted by atomic mass is 9.96. The highest BCUT2D eigenvalue weighted by Gasteiger charge is 2.26. The summed E-state index contributed by atoms with van der Waals surface area (Å²) >= 11 is 5.43. The van der Waals surface area contributed by atoms with Crippen molar-refractivity contribution in [3.8, 4) is 129 Å². The number of para-hydroxylation sites is 4. The molecule has 28 aromatic rings. The molecule has 0 aliphatic carbocycles. The topological polar surface area (TPSA) is 131 Å². The summed E-state index contributed by atoms with van der Waals surface area (Å²) in [5.74, 6) is 3.29. The minimum atomic E-state index is 0.624. The lowest BCUT2D eigenvalue weighted by Crippen LogP contribution is -1.96. The molecule has 0 spiro atoms. The maximum atomic E-state index is 6.54. The van der Waals surface area contributed by atoms with E-state index in [1.165, 1.54) is 89.6 Å². The maximum Gasteiger partial charge on any atom is 0.163 e. The molecule has 28 rings (SSSR count). The molecule has 15 heteroatoms. The van der Waals surface area contributed by atoms with E-state index in [4.69, 9.17) is 34.3 Å². The first kappa shape index (κ1) is 80.3. The van der Waals surface area contributed by atoms with Crippen LogP contribution in [0.1, 0.15) is 0 Å². The maximum absolute atomic E-state index is 6.54. The predicted molar refractivity (Wildman–Crippen MR) is 570 cm³/mol. The van der Waals surface area contributed by atoms with Gasteiger partial charge in [0.15, 0.2) is 29.1 Å². The highest BCUT2D eigenvalue weighted by Crippen LogP contribution is 2.49. The van der Waals surface area contributed by atoms with Gasteiger partial charge in [0.2, 0.25) is 0 Å². The SMILES string of the molecule is c1ccc(-c2cc(-c3ccccc3)cc(-c3ncnc(-c4ccc5c(c4)c4c6sc7ccccc7c6ccc4n5-c4ccccc4)n3)c2)cc1.c1ccc(-c2ccc3sc4c(ccc5c4c4cc(-c6nccc(-c7cccs7)n6)ccc4n5-c4ccccc4)c3c2)cc1.c1ccc(-c2cccc(-c3ncnc(-c4ccc5c(c4)c4c6oc7ccccc7c6ccc4n5-c4ccccc4)n3)c2)cc1. The van der Waals surface area contributed by atoms with Crippen molar-refractivity contribution < 1.29 is 4.42 Å². The Morgan fingerprint density at radius 3 is 1.11 bits per heavy atom. The van der Waals surface area contributed by atoms with Crippen molar-refractivity contribution >= 4 is 162 Å². The summed E-state index contributed by atoms with van der Waals surface area (Å²) in [6.07, 6.45) is 5.10. The lowest BCUT2D eigenvalue weighted by Gasteiger charge is -2.11. The van der Waals surface area contributed by atoms with Crippen molar-refractivity contribution in [1.29, 1.82) is 0 Å². The molecular formula is C122H75N11OS3. The second-order valence-electron chi connectivity index (χ2n) is 34.1. The van der Waals surface area contributed by atoms with Gasteiger partial charge in [0.05, 0.1) is 49.1 Å². The molecule has 10 heterocycles. The largest absolute Gasteiger partial charge is 0.455 e. The normalized spacial score (nSPS) is 11.6. The molecule has 0 bridgehead atoms. The van der Waals surface area contributed by atoms with Crippen LogP contribution < -0.4 is 0 Å². The first-order valence-electron chi connectivity index (χ1n) is 45.5. The Morgan fingerprint density at radius 2 is 0.591 bits per heavy atom. The number of thiophene rings is 3. The fourth-order valence-corrected chi connectivity index (χ4v) is 22.9. The third-order valence-electron chi connectivity index (χ3n) is 26.0. The van der Waals surface area contributed by atoms with Gasteiger partial charge in [-0.3, -0.25) is 0 Å². The minimum Gasteiger partial charge on any atom is -0.455 e. The van der Waals surface area contributed by atoms with Crippen molar-refractivity contribution in [2.45, 2.75) is 0 Å². The van der Waals surface area contributed by atoms with Crippen LogP contribution in [0.2, 0.25) is 0 Å². The Hall–Kier alpha value is -17.6. The quantitative estimate of drug-likeness (QED) is 0.111. The van der Waals surface area contributed by atoms with Crippen molar-refractivity contribution in [2.24, 2.45) is 0 Å². The van der Waals surface area contributed by atoms with Gasteiger partial charge in [0.1, 0.15) is 23.8 Å². The number of furan rings is 1. The number of fused-ring (bicyclic) bond motifs is 21. The monoisotopic (exact) mass is 1810 g/mol. The van der Waals surface area contributed by atoms with Gasteiger partial charge in [-0.15, -0.1) is 34.0 Å². The van der Waals surface area contributed by atoms with Crippen LogP contribution in [0.15, 0.2) is 459 Å². The predicted octanol–water partition coefficient (Wildman–Crippen LogP) is 32.9. The van der Waals surface area contributed by atoms with Gasteiger partial charge in [-0.05, 0) is 226 Å². The van der Waals surface area contributed by atoms with Gasteiger partial charge in [-0.2, -0.15) is 0 Å². The lowest BCUT2D eigenvalue weighted by molar-refractivity contribution is 0.673. The van der Waals surface area contributed by atoms with Gasteiger partial charge >= 0.3 is 0 Å². The van der Waals surface area contributed by atoms with Gasteiger partial charge in [0.25, 0.3) is 0 Å². The van der Waals surface area contributed by atoms with Crippen LogP contribution in [0.5, 0.6) is 0 Å². The van der Waals surface area contributed by atoms with Crippen LogP contribution >= 0.6 is 34.0 Å². The van der Waals surface area contributed by atoms with E-state index in [2.05, 4.69) is 393 Å². The van der Waals surface area contributed by atoms with Crippen molar-refractivity contribution in [3.63, 3.8) is 0 Å². The van der Waals surface area contributed by atoms with Gasteiger partial charge < -0.3 is 18.1 Å². The summed E-state index contributed by atoms with van der Waals surface area (Å²) in [6.45, 7) is 0. The van der Waals surface area contributed by atoms with E-state index in [9.17, 15) is 0 Å². The van der Waals surface area contributed by atoms with E-state index >= 15 is 0 Å². The Labute approximate surface area is 797 Å². The summed E-state index contributed by atoms with van der Waals surface area (Å²) in [6, 6.07) is 152. The molecule has 0 atom stereocenters. The molecule has 0 aliphatic rings. The second-order valence-corrected chi connectivity index (χ2v) is 37.1. The molecule has 0 aliphatic heterocycles. The molecule has 0 saturated heterocycles. The van der Waals surface area contributed by atoms with E-state index in [0.717, 1.165) is 144 Å². The molecular weight excluding hydrogens is 1730 g/mol. The standard InChI is InChI=1S/C45H28N4S.C39H24N4O.C38H23N3S2/c1-4-12-29(13-5-1)32-24-33(30-14-6-2-7-15-30)26-34(25-32)45-47-28-46-44(48-45)31-20-22-39-38(27-31)42-40(49(39)35-16-8-3-9-17-35)23-21-37-36-18-10-11-19-41(36)50-43(37)42;1-3-10-25(11-4-1)26-12-9-13-27(22-26)38-40-24-41-39(42-38)28-18-20-33-32(23-28)36-34(43(33)29-14-5-2-6-15-29)21-19-31-30-16-7-8-17-35(30)44-37(31)36;1-3-8-24(9-4-1)25-14-18-34-29(22-25)28-15-17-33-36(37(28)43-34)30-23-26(13-16-32(30)41(33)27-10-5-2-6-11-27)38-39-20-19-31(40-38)35-12-7-21-42-35/h1-28H;1-24H;1-23H. The van der Waals surface area contributed by atoms with Crippen molar-refractivity contribution in [2.75, 3.05) is 0 Å². The smallest absolute Gasteiger partial charge is 0.163 e. The second kappa shape index (κ2) is 33.9. The van der Waals surface area contributed by atoms with Gasteiger partial charge in [0, 0.05) is 129 Å². The Morgan fingerprint density at radius 1 is 0.219 bits per heavy atom. The summed E-state index contributed by atoms with van der Waals surface area (Å²) < 4.78 is 18.8. The first-order chi connectivity index (χ1) is 67.9. The highest BCUT2D eigenvalue weighted by atomic mass is 32.1. The summed E-state index contributed by atoms with van der Waals surface area (Å²) in [4.78, 5) is 39.4. The molecule has 0 N–H and O–H groups in total. The molecule has 0 amide bonds. The fourth-order valence-electron chi connectivity index (χ4n) is 19.7. The molecule has 137 heavy (non-hydrogen) atoms. The average Bonchev–Trinajstić information content (AvgIpc) is 1.56. The third-order valence-corrected chi connectivity index (χ3v) is 29.3. The van der Waals surface area contributed by atoms with E-state index in [1.54, 1.807) is 24.0 Å². The zero-order chi connectivity index (χ0) is 90.4. The van der Waals surface area contributed by atoms with E-state index in [0.29, 0.717) is 23.3 Å². The molecule has 642 valence electrons. The third kappa shape index (κ3) is 14.3. The van der Waals surface area contributed by atoms with Crippen LogP contribution in [0, 0.1) is 0 Å². The average molecular weight is 1810 g/mol. The summed E-state index contributed by atoms with van der Waals surface area (Å²) in [5.41, 5.74) is 27.0. The van der Waals surface area contributed by atoms with Crippen LogP contribution in [0.3, 0.4) is 0 Å². The fraction of sp³-hybridized carbons (Fsp3) is 0. The van der Waals surface area contributed by atoms with Crippen LogP contribution in [0.4, 0.5) is 0 Å². The van der Waals surface area contributed by atoms with E-state index in [1.807, 2.05) is 95.6 Å². The summed E-state index contributed by atoms with van der Waals surface area (Å²) in [5, 5.41) is 16.5. The molecule has 18 aromatic carbocycles. The number of benzene rings is 18. The zero-order valence-electron chi connectivity index (χ0n) is 73.4.